The molecule has 2 bridgehead atoms. The second kappa shape index (κ2) is 2.49. The van der Waals surface area contributed by atoms with Crippen LogP contribution in [0.3, 0.4) is 0 Å². The van der Waals surface area contributed by atoms with Gasteiger partial charge in [-0.15, -0.1) is 0 Å². The Kier molecular flexibility index (Phi) is 1.79. The summed E-state index contributed by atoms with van der Waals surface area (Å²) in [4.78, 5) is 0. The molecule has 3 rings (SSSR count). The molecule has 0 amide bonds. The van der Waals surface area contributed by atoms with Crippen LogP contribution < -0.4 is 0 Å². The molecule has 70 valence electrons. The van der Waals surface area contributed by atoms with Crippen LogP contribution in [0.4, 0.5) is 0 Å². The Balaban J connectivity index is 2.18. The third kappa shape index (κ3) is 0.843. The summed E-state index contributed by atoms with van der Waals surface area (Å²) in [5, 5.41) is 0. The maximum absolute atomic E-state index is 2.52. The molecule has 0 nitrogen and oxygen atoms in total. The van der Waals surface area contributed by atoms with Gasteiger partial charge in [-0.2, -0.15) is 0 Å². The van der Waals surface area contributed by atoms with Crippen LogP contribution in [0.1, 0.15) is 47.0 Å². The number of fused-ring (bicyclic) bond motifs is 2. The molecule has 0 saturated heterocycles. The van der Waals surface area contributed by atoms with E-state index in [0.29, 0.717) is 0 Å². The molecule has 0 aromatic rings. The van der Waals surface area contributed by atoms with E-state index in [9.17, 15) is 0 Å². The Labute approximate surface area is 76.7 Å². The largest absolute Gasteiger partial charge is 0.0651 e. The molecule has 5 atom stereocenters. The van der Waals surface area contributed by atoms with Gasteiger partial charge < -0.3 is 0 Å². The number of hydrogen-bond donors (Lipinski definition) is 0. The van der Waals surface area contributed by atoms with Crippen molar-refractivity contribution in [3.63, 3.8) is 0 Å². The molecule has 0 aromatic heterocycles. The first-order valence-corrected chi connectivity index (χ1v) is 5.59. The minimum atomic E-state index is 0.728. The first kappa shape index (κ1) is 8.59. The predicted octanol–water partition coefficient (Wildman–Crippen LogP) is 3.71. The van der Waals surface area contributed by atoms with Gasteiger partial charge in [0.2, 0.25) is 0 Å². The highest BCUT2D eigenvalue weighted by Gasteiger charge is 2.57. The molecule has 0 heterocycles. The lowest BCUT2D eigenvalue weighted by molar-refractivity contribution is -0.148. The lowest BCUT2D eigenvalue weighted by Crippen LogP contribution is -2.56. The molecular formula is C12H22. The molecular weight excluding hydrogens is 144 g/mol. The van der Waals surface area contributed by atoms with Gasteiger partial charge in [-0.25, -0.2) is 0 Å². The van der Waals surface area contributed by atoms with Gasteiger partial charge in [0.25, 0.3) is 0 Å². The molecule has 3 aliphatic rings. The van der Waals surface area contributed by atoms with Crippen LogP contribution in [0, 0.1) is 29.1 Å². The zero-order chi connectivity index (χ0) is 8.93. The minimum absolute atomic E-state index is 0.728. The normalized spacial score (nSPS) is 58.0. The fourth-order valence-corrected chi connectivity index (χ4v) is 4.07. The van der Waals surface area contributed by atoms with Gasteiger partial charge in [0.1, 0.15) is 0 Å². The molecule has 12 heavy (non-hydrogen) atoms. The lowest BCUT2D eigenvalue weighted by Gasteiger charge is -2.64. The van der Waals surface area contributed by atoms with Crippen molar-refractivity contribution in [2.24, 2.45) is 29.1 Å². The first-order chi connectivity index (χ1) is 5.59. The molecule has 5 unspecified atom stereocenters. The van der Waals surface area contributed by atoms with Crippen LogP contribution in [0.15, 0.2) is 0 Å². The van der Waals surface area contributed by atoms with Crippen LogP contribution in [-0.2, 0) is 0 Å². The standard InChI is InChI=1S/C12H22/c1-5-11-10-7-12(11,4)9(3)6-8(10)2/h8-11H,5-7H2,1-4H3. The molecule has 0 spiro atoms. The van der Waals surface area contributed by atoms with E-state index in [-0.39, 0.29) is 0 Å². The fraction of sp³-hybridized carbons (Fsp3) is 1.00. The summed E-state index contributed by atoms with van der Waals surface area (Å²) in [7, 11) is 0. The van der Waals surface area contributed by atoms with Gasteiger partial charge in [-0.1, -0.05) is 34.1 Å². The van der Waals surface area contributed by atoms with Gasteiger partial charge in [0.15, 0.2) is 0 Å². The average Bonchev–Trinajstić information content (AvgIpc) is 1.97. The van der Waals surface area contributed by atoms with E-state index in [1.807, 2.05) is 0 Å². The Morgan fingerprint density at radius 2 is 2.00 bits per heavy atom. The SMILES string of the molecule is CCC1C2CC1(C)C(C)CC2C. The molecule has 0 aromatic carbocycles. The molecule has 0 N–H and O–H groups in total. The van der Waals surface area contributed by atoms with Gasteiger partial charge in [-0.3, -0.25) is 0 Å². The van der Waals surface area contributed by atoms with Gasteiger partial charge in [0.05, 0.1) is 0 Å². The highest BCUT2D eigenvalue weighted by atomic mass is 14.6. The van der Waals surface area contributed by atoms with Crippen LogP contribution in [0.2, 0.25) is 0 Å². The molecule has 0 radical (unpaired) electrons. The van der Waals surface area contributed by atoms with Gasteiger partial charge in [-0.05, 0) is 41.9 Å². The number of hydrogen-bond acceptors (Lipinski definition) is 0. The van der Waals surface area contributed by atoms with Crippen molar-refractivity contribution >= 4 is 0 Å². The van der Waals surface area contributed by atoms with Gasteiger partial charge >= 0.3 is 0 Å². The quantitative estimate of drug-likeness (QED) is 0.557. The van der Waals surface area contributed by atoms with E-state index in [2.05, 4.69) is 27.7 Å². The van der Waals surface area contributed by atoms with Crippen molar-refractivity contribution in [3.8, 4) is 0 Å². The minimum Gasteiger partial charge on any atom is -0.0651 e. The zero-order valence-electron chi connectivity index (χ0n) is 8.93. The van der Waals surface area contributed by atoms with E-state index in [0.717, 1.165) is 29.1 Å². The van der Waals surface area contributed by atoms with E-state index in [4.69, 9.17) is 0 Å². The maximum atomic E-state index is 2.52. The van der Waals surface area contributed by atoms with Crippen LogP contribution in [-0.4, -0.2) is 0 Å². The summed E-state index contributed by atoms with van der Waals surface area (Å²) in [5.41, 5.74) is 0.728. The highest BCUT2D eigenvalue weighted by molar-refractivity contribution is 5.06. The highest BCUT2D eigenvalue weighted by Crippen LogP contribution is 2.65. The lowest BCUT2D eigenvalue weighted by atomic mass is 9.41. The smallest absolute Gasteiger partial charge is 0.0266 e. The van der Waals surface area contributed by atoms with E-state index in [1.165, 1.54) is 19.3 Å². The van der Waals surface area contributed by atoms with E-state index >= 15 is 0 Å². The second-order valence-electron chi connectivity index (χ2n) is 5.50. The van der Waals surface area contributed by atoms with Crippen molar-refractivity contribution in [2.45, 2.75) is 47.0 Å². The Hall–Kier alpha value is 0. The third-order valence-electron chi connectivity index (χ3n) is 5.06. The summed E-state index contributed by atoms with van der Waals surface area (Å²) in [6.07, 6.45) is 4.42. The topological polar surface area (TPSA) is 0 Å². The van der Waals surface area contributed by atoms with Crippen LogP contribution >= 0.6 is 0 Å². The predicted molar refractivity (Wildman–Crippen MR) is 52.9 cm³/mol. The molecule has 3 saturated carbocycles. The van der Waals surface area contributed by atoms with Crippen molar-refractivity contribution in [1.82, 2.24) is 0 Å². The first-order valence-electron chi connectivity index (χ1n) is 5.59. The maximum Gasteiger partial charge on any atom is -0.0266 e. The van der Waals surface area contributed by atoms with E-state index in [1.54, 1.807) is 0 Å². The summed E-state index contributed by atoms with van der Waals surface area (Å²) in [5.74, 6) is 4.11. The molecule has 0 heteroatoms. The monoisotopic (exact) mass is 166 g/mol. The average molecular weight is 166 g/mol. The Bertz CT molecular complexity index is 184. The summed E-state index contributed by atoms with van der Waals surface area (Å²) < 4.78 is 0. The van der Waals surface area contributed by atoms with Gasteiger partial charge in [0, 0.05) is 0 Å². The Morgan fingerprint density at radius 3 is 2.50 bits per heavy atom. The second-order valence-corrected chi connectivity index (χ2v) is 5.50. The third-order valence-corrected chi connectivity index (χ3v) is 5.06. The fourth-order valence-electron chi connectivity index (χ4n) is 4.07. The Morgan fingerprint density at radius 1 is 1.33 bits per heavy atom. The zero-order valence-corrected chi connectivity index (χ0v) is 8.93. The summed E-state index contributed by atoms with van der Waals surface area (Å²) in [6, 6.07) is 0. The molecule has 3 aliphatic carbocycles. The number of rotatable bonds is 1. The molecule has 3 fully saturated rings. The van der Waals surface area contributed by atoms with Crippen LogP contribution in [0.25, 0.3) is 0 Å². The van der Waals surface area contributed by atoms with Crippen molar-refractivity contribution < 1.29 is 0 Å². The van der Waals surface area contributed by atoms with E-state index < -0.39 is 0 Å². The molecule has 0 aliphatic heterocycles. The van der Waals surface area contributed by atoms with Crippen molar-refractivity contribution in [1.29, 1.82) is 0 Å². The van der Waals surface area contributed by atoms with Crippen molar-refractivity contribution in [3.05, 3.63) is 0 Å². The summed E-state index contributed by atoms with van der Waals surface area (Å²) >= 11 is 0. The van der Waals surface area contributed by atoms with Crippen molar-refractivity contribution in [2.75, 3.05) is 0 Å². The van der Waals surface area contributed by atoms with Crippen LogP contribution in [0.5, 0.6) is 0 Å². The summed E-state index contributed by atoms with van der Waals surface area (Å²) in [6.45, 7) is 9.82.